The Bertz CT molecular complexity index is 218. The highest BCUT2D eigenvalue weighted by Gasteiger charge is 2.28. The Hall–Kier alpha value is -0.570. The molecule has 3 nitrogen and oxygen atoms in total. The zero-order chi connectivity index (χ0) is 6.27. The second kappa shape index (κ2) is 1.70. The third kappa shape index (κ3) is 0.920. The molecule has 0 spiro atoms. The van der Waals surface area contributed by atoms with E-state index in [4.69, 9.17) is 16.0 Å². The van der Waals surface area contributed by atoms with Crippen molar-refractivity contribution in [3.8, 4) is 0 Å². The van der Waals surface area contributed by atoms with Crippen molar-refractivity contribution in [2.24, 2.45) is 0 Å². The van der Waals surface area contributed by atoms with Gasteiger partial charge in [-0.3, -0.25) is 0 Å². The van der Waals surface area contributed by atoms with Crippen LogP contribution in [0, 0.1) is 0 Å². The fraction of sp³-hybridized carbons (Fsp3) is 0.600. The summed E-state index contributed by atoms with van der Waals surface area (Å²) in [6.45, 7) is 0. The van der Waals surface area contributed by atoms with Gasteiger partial charge in [-0.25, -0.2) is 0 Å². The summed E-state index contributed by atoms with van der Waals surface area (Å²) in [6.07, 6.45) is 2.33. The second-order valence-corrected chi connectivity index (χ2v) is 2.49. The van der Waals surface area contributed by atoms with E-state index in [1.165, 1.54) is 12.8 Å². The predicted octanol–water partition coefficient (Wildman–Crippen LogP) is 1.60. The van der Waals surface area contributed by atoms with Crippen molar-refractivity contribution in [1.82, 2.24) is 10.2 Å². The Morgan fingerprint density at radius 3 is 2.67 bits per heavy atom. The van der Waals surface area contributed by atoms with Crippen LogP contribution in [0.15, 0.2) is 4.42 Å². The summed E-state index contributed by atoms with van der Waals surface area (Å²) < 4.78 is 4.95. The average Bonchev–Trinajstić information content (AvgIpc) is 2.58. The third-order valence-electron chi connectivity index (χ3n) is 1.34. The van der Waals surface area contributed by atoms with E-state index >= 15 is 0 Å². The van der Waals surface area contributed by atoms with Gasteiger partial charge in [0.05, 0.1) is 0 Å². The predicted molar refractivity (Wildman–Crippen MR) is 31.3 cm³/mol. The Balaban J connectivity index is 2.28. The first-order valence-electron chi connectivity index (χ1n) is 2.85. The Labute approximate surface area is 57.0 Å². The molecule has 1 aromatic heterocycles. The molecule has 9 heavy (non-hydrogen) atoms. The van der Waals surface area contributed by atoms with Crippen molar-refractivity contribution in [3.05, 3.63) is 11.2 Å². The third-order valence-corrected chi connectivity index (χ3v) is 1.50. The number of nitrogens with zero attached hydrogens (tertiary/aromatic N) is 2. The summed E-state index contributed by atoms with van der Waals surface area (Å²) in [6, 6.07) is 0. The minimum Gasteiger partial charge on any atom is -0.412 e. The van der Waals surface area contributed by atoms with Crippen LogP contribution in [-0.4, -0.2) is 10.2 Å². The van der Waals surface area contributed by atoms with Gasteiger partial charge in [-0.05, 0) is 24.4 Å². The average molecular weight is 145 g/mol. The van der Waals surface area contributed by atoms with Crippen LogP contribution < -0.4 is 0 Å². The molecule has 1 fully saturated rings. The van der Waals surface area contributed by atoms with Crippen LogP contribution in [0.25, 0.3) is 0 Å². The van der Waals surface area contributed by atoms with E-state index in [1.807, 2.05) is 0 Å². The maximum atomic E-state index is 5.39. The van der Waals surface area contributed by atoms with E-state index in [-0.39, 0.29) is 5.35 Å². The summed E-state index contributed by atoms with van der Waals surface area (Å²) in [5, 5.41) is 7.41. The molecule has 0 bridgehead atoms. The summed E-state index contributed by atoms with van der Waals surface area (Å²) in [7, 11) is 0. The maximum absolute atomic E-state index is 5.39. The van der Waals surface area contributed by atoms with Crippen LogP contribution in [0.3, 0.4) is 0 Å². The molecule has 4 heteroatoms. The molecule has 0 radical (unpaired) electrons. The summed E-state index contributed by atoms with van der Waals surface area (Å²) in [4.78, 5) is 0. The zero-order valence-corrected chi connectivity index (χ0v) is 5.43. The first-order chi connectivity index (χ1) is 4.36. The molecule has 1 saturated carbocycles. The van der Waals surface area contributed by atoms with Crippen LogP contribution in [0.2, 0.25) is 5.35 Å². The lowest BCUT2D eigenvalue weighted by Crippen LogP contribution is -1.75. The SMILES string of the molecule is Clc1nnc(C2CC2)o1. The van der Waals surface area contributed by atoms with Gasteiger partial charge in [0, 0.05) is 5.92 Å². The highest BCUT2D eigenvalue weighted by Crippen LogP contribution is 2.39. The lowest BCUT2D eigenvalue weighted by Gasteiger charge is -1.79. The van der Waals surface area contributed by atoms with Gasteiger partial charge in [0.15, 0.2) is 0 Å². The molecule has 0 atom stereocenters. The standard InChI is InChI=1S/C5H5ClN2O/c6-5-8-7-4(9-5)3-1-2-3/h3H,1-2H2. The number of hydrogen-bond acceptors (Lipinski definition) is 3. The molecule has 0 aliphatic heterocycles. The molecule has 0 unspecified atom stereocenters. The highest BCUT2D eigenvalue weighted by atomic mass is 35.5. The molecule has 0 aromatic carbocycles. The zero-order valence-electron chi connectivity index (χ0n) is 4.67. The second-order valence-electron chi connectivity index (χ2n) is 2.17. The first kappa shape index (κ1) is 5.23. The van der Waals surface area contributed by atoms with Gasteiger partial charge in [0.25, 0.3) is 0 Å². The Morgan fingerprint density at radius 1 is 1.44 bits per heavy atom. The Kier molecular flexibility index (Phi) is 0.990. The van der Waals surface area contributed by atoms with Gasteiger partial charge in [0.1, 0.15) is 0 Å². The van der Waals surface area contributed by atoms with Crippen LogP contribution in [0.1, 0.15) is 24.7 Å². The van der Waals surface area contributed by atoms with E-state index in [0.717, 1.165) is 0 Å². The van der Waals surface area contributed by atoms with Crippen molar-refractivity contribution in [2.75, 3.05) is 0 Å². The Morgan fingerprint density at radius 2 is 2.22 bits per heavy atom. The lowest BCUT2D eigenvalue weighted by molar-refractivity contribution is 0.497. The fourth-order valence-electron chi connectivity index (χ4n) is 0.711. The highest BCUT2D eigenvalue weighted by molar-refractivity contribution is 6.27. The number of rotatable bonds is 1. The molecule has 1 aliphatic rings. The number of hydrogen-bond donors (Lipinski definition) is 0. The van der Waals surface area contributed by atoms with Gasteiger partial charge in [0.2, 0.25) is 5.89 Å². The van der Waals surface area contributed by atoms with Crippen LogP contribution in [-0.2, 0) is 0 Å². The minimum absolute atomic E-state index is 0.150. The van der Waals surface area contributed by atoms with E-state index < -0.39 is 0 Å². The molecule has 1 aromatic rings. The van der Waals surface area contributed by atoms with Gasteiger partial charge in [-0.2, -0.15) is 0 Å². The smallest absolute Gasteiger partial charge is 0.312 e. The monoisotopic (exact) mass is 144 g/mol. The van der Waals surface area contributed by atoms with Crippen molar-refractivity contribution >= 4 is 11.6 Å². The molecule has 0 saturated heterocycles. The summed E-state index contributed by atoms with van der Waals surface area (Å²) >= 11 is 5.39. The van der Waals surface area contributed by atoms with Crippen LogP contribution in [0.4, 0.5) is 0 Å². The normalized spacial score (nSPS) is 18.3. The quantitative estimate of drug-likeness (QED) is 0.601. The molecule has 2 rings (SSSR count). The fourth-order valence-corrected chi connectivity index (χ4v) is 0.828. The summed E-state index contributed by atoms with van der Waals surface area (Å²) in [5.41, 5.74) is 0. The topological polar surface area (TPSA) is 38.9 Å². The van der Waals surface area contributed by atoms with E-state index in [9.17, 15) is 0 Å². The molecular formula is C5H5ClN2O. The first-order valence-corrected chi connectivity index (χ1v) is 3.23. The maximum Gasteiger partial charge on any atom is 0.312 e. The molecular weight excluding hydrogens is 140 g/mol. The van der Waals surface area contributed by atoms with Crippen LogP contribution >= 0.6 is 11.6 Å². The molecule has 48 valence electrons. The molecule has 0 N–H and O–H groups in total. The van der Waals surface area contributed by atoms with Crippen molar-refractivity contribution in [2.45, 2.75) is 18.8 Å². The van der Waals surface area contributed by atoms with E-state index in [2.05, 4.69) is 10.2 Å². The molecule has 1 aliphatic carbocycles. The number of halogens is 1. The largest absolute Gasteiger partial charge is 0.412 e. The van der Waals surface area contributed by atoms with Crippen molar-refractivity contribution < 1.29 is 4.42 Å². The van der Waals surface area contributed by atoms with Gasteiger partial charge in [-0.1, -0.05) is 5.10 Å². The lowest BCUT2D eigenvalue weighted by atomic mass is 10.4. The van der Waals surface area contributed by atoms with E-state index in [1.54, 1.807) is 0 Å². The van der Waals surface area contributed by atoms with E-state index in [0.29, 0.717) is 11.8 Å². The van der Waals surface area contributed by atoms with Gasteiger partial charge in [-0.15, -0.1) is 5.10 Å². The van der Waals surface area contributed by atoms with Gasteiger partial charge < -0.3 is 4.42 Å². The molecule has 1 heterocycles. The van der Waals surface area contributed by atoms with Crippen molar-refractivity contribution in [3.63, 3.8) is 0 Å². The van der Waals surface area contributed by atoms with Crippen LogP contribution in [0.5, 0.6) is 0 Å². The summed E-state index contributed by atoms with van der Waals surface area (Å²) in [5.74, 6) is 1.20. The van der Waals surface area contributed by atoms with Gasteiger partial charge >= 0.3 is 5.35 Å². The minimum atomic E-state index is 0.150. The number of aromatic nitrogens is 2. The van der Waals surface area contributed by atoms with Crippen molar-refractivity contribution in [1.29, 1.82) is 0 Å². The molecule has 0 amide bonds.